The lowest BCUT2D eigenvalue weighted by molar-refractivity contribution is -0.120. The van der Waals surface area contributed by atoms with Crippen molar-refractivity contribution in [1.29, 1.82) is 0 Å². The predicted molar refractivity (Wildman–Crippen MR) is 104 cm³/mol. The number of Topliss-reactive ketones (excluding diaryl/α,β-unsaturated/α-hetero) is 1. The molecule has 0 bridgehead atoms. The third-order valence-corrected chi connectivity index (χ3v) is 4.27. The van der Waals surface area contributed by atoms with Crippen molar-refractivity contribution < 1.29 is 14.3 Å². The van der Waals surface area contributed by atoms with Crippen LogP contribution in [0.4, 0.5) is 5.69 Å². The summed E-state index contributed by atoms with van der Waals surface area (Å²) in [5, 5.41) is 2.86. The number of ketones is 1. The molecule has 5 nitrogen and oxygen atoms in total. The fraction of sp³-hybridized carbons (Fsp3) is 0.333. The van der Waals surface area contributed by atoms with Gasteiger partial charge in [-0.25, -0.2) is 0 Å². The third kappa shape index (κ3) is 5.17. The first-order valence-electron chi connectivity index (χ1n) is 8.75. The molecule has 0 aliphatic rings. The van der Waals surface area contributed by atoms with Gasteiger partial charge in [0.25, 0.3) is 0 Å². The second kappa shape index (κ2) is 9.15. The lowest BCUT2D eigenvalue weighted by Gasteiger charge is -2.24. The van der Waals surface area contributed by atoms with E-state index in [2.05, 4.69) is 5.32 Å². The number of nitrogens with zero attached hydrogens (tertiary/aromatic N) is 1. The highest BCUT2D eigenvalue weighted by atomic mass is 16.5. The number of likely N-dealkylation sites (N-methyl/N-ethyl adjacent to an activating group) is 1. The van der Waals surface area contributed by atoms with Crippen LogP contribution in [0.25, 0.3) is 0 Å². The normalized spacial score (nSPS) is 11.9. The number of hydrogen-bond acceptors (Lipinski definition) is 4. The topological polar surface area (TPSA) is 58.6 Å². The summed E-state index contributed by atoms with van der Waals surface area (Å²) in [6.07, 6.45) is 0. The second-order valence-corrected chi connectivity index (χ2v) is 6.26. The van der Waals surface area contributed by atoms with Crippen molar-refractivity contribution in [2.45, 2.75) is 33.4 Å². The number of carbonyl (C=O) groups is 2. The van der Waals surface area contributed by atoms with Gasteiger partial charge in [0.1, 0.15) is 5.75 Å². The van der Waals surface area contributed by atoms with Crippen LogP contribution in [0.3, 0.4) is 0 Å². The number of para-hydroxylation sites is 1. The highest BCUT2D eigenvalue weighted by Gasteiger charge is 2.19. The maximum Gasteiger partial charge on any atom is 0.241 e. The molecule has 1 atom stereocenters. The molecular formula is C21H26N2O3. The number of hydrogen-bond donors (Lipinski definition) is 1. The summed E-state index contributed by atoms with van der Waals surface area (Å²) in [5.41, 5.74) is 2.16. The smallest absolute Gasteiger partial charge is 0.241 e. The first-order valence-corrected chi connectivity index (χ1v) is 8.75. The highest BCUT2D eigenvalue weighted by molar-refractivity contribution is 6.04. The molecule has 0 aromatic heterocycles. The van der Waals surface area contributed by atoms with E-state index in [-0.39, 0.29) is 17.7 Å². The average molecular weight is 354 g/mol. The van der Waals surface area contributed by atoms with Crippen LogP contribution in [0.2, 0.25) is 0 Å². The monoisotopic (exact) mass is 354 g/mol. The molecule has 0 unspecified atom stereocenters. The van der Waals surface area contributed by atoms with Crippen LogP contribution in [0.5, 0.6) is 5.75 Å². The first kappa shape index (κ1) is 19.7. The van der Waals surface area contributed by atoms with E-state index in [1.165, 1.54) is 6.92 Å². The molecule has 5 heteroatoms. The number of carbonyl (C=O) groups excluding carboxylic acids is 2. The number of ether oxygens (including phenoxy) is 1. The molecule has 2 aromatic carbocycles. The van der Waals surface area contributed by atoms with Gasteiger partial charge in [0.15, 0.2) is 5.78 Å². The second-order valence-electron chi connectivity index (χ2n) is 6.26. The van der Waals surface area contributed by atoms with E-state index in [0.29, 0.717) is 24.4 Å². The zero-order valence-electron chi connectivity index (χ0n) is 15.8. The van der Waals surface area contributed by atoms with E-state index < -0.39 is 0 Å². The molecule has 2 aromatic rings. The molecule has 0 aliphatic carbocycles. The Bertz CT molecular complexity index is 756. The molecule has 0 radical (unpaired) electrons. The van der Waals surface area contributed by atoms with Gasteiger partial charge in [-0.2, -0.15) is 0 Å². The minimum Gasteiger partial charge on any atom is -0.494 e. The van der Waals surface area contributed by atoms with Gasteiger partial charge < -0.3 is 10.1 Å². The van der Waals surface area contributed by atoms with Crippen molar-refractivity contribution in [2.24, 2.45) is 0 Å². The molecule has 0 saturated carbocycles. The number of rotatable bonds is 8. The van der Waals surface area contributed by atoms with Gasteiger partial charge in [0.05, 0.1) is 18.3 Å². The first-order chi connectivity index (χ1) is 12.4. The van der Waals surface area contributed by atoms with Crippen molar-refractivity contribution >= 4 is 17.4 Å². The van der Waals surface area contributed by atoms with Crippen LogP contribution in [0.15, 0.2) is 48.5 Å². The molecule has 1 amide bonds. The van der Waals surface area contributed by atoms with Crippen LogP contribution in [0, 0.1) is 0 Å². The molecule has 0 fully saturated rings. The Hall–Kier alpha value is -2.66. The number of nitrogens with one attached hydrogen (secondary N) is 1. The molecule has 0 heterocycles. The van der Waals surface area contributed by atoms with Crippen molar-refractivity contribution in [3.8, 4) is 5.75 Å². The lowest BCUT2D eigenvalue weighted by Crippen LogP contribution is -2.39. The van der Waals surface area contributed by atoms with Gasteiger partial charge in [0.2, 0.25) is 5.91 Å². The van der Waals surface area contributed by atoms with Crippen molar-refractivity contribution in [3.63, 3.8) is 0 Å². The average Bonchev–Trinajstić information content (AvgIpc) is 2.63. The van der Waals surface area contributed by atoms with Crippen molar-refractivity contribution in [1.82, 2.24) is 4.90 Å². The van der Waals surface area contributed by atoms with Gasteiger partial charge in [-0.1, -0.05) is 24.3 Å². The quantitative estimate of drug-likeness (QED) is 0.734. The largest absolute Gasteiger partial charge is 0.494 e. The van der Waals surface area contributed by atoms with Crippen LogP contribution in [0.1, 0.15) is 36.7 Å². The Labute approximate surface area is 155 Å². The van der Waals surface area contributed by atoms with Gasteiger partial charge in [-0.15, -0.1) is 0 Å². The number of amides is 1. The van der Waals surface area contributed by atoms with Crippen LogP contribution in [-0.2, 0) is 11.3 Å². The lowest BCUT2D eigenvalue weighted by atomic mass is 10.1. The Kier molecular flexibility index (Phi) is 6.92. The molecule has 0 spiro atoms. The molecule has 0 saturated heterocycles. The third-order valence-electron chi connectivity index (χ3n) is 4.27. The van der Waals surface area contributed by atoms with E-state index in [9.17, 15) is 9.59 Å². The summed E-state index contributed by atoms with van der Waals surface area (Å²) in [6.45, 7) is 6.56. The minimum absolute atomic E-state index is 0.0729. The van der Waals surface area contributed by atoms with E-state index in [0.717, 1.165) is 11.3 Å². The summed E-state index contributed by atoms with van der Waals surface area (Å²) in [5.74, 6) is 0.619. The summed E-state index contributed by atoms with van der Waals surface area (Å²) < 4.78 is 5.44. The molecule has 0 aliphatic heterocycles. The number of anilines is 1. The van der Waals surface area contributed by atoms with Crippen molar-refractivity contribution in [3.05, 3.63) is 59.7 Å². The standard InChI is InChI=1S/C21H26N2O3/c1-5-26-18-12-10-17(11-13-18)14-23(4)15(2)21(25)22-20-9-7-6-8-19(20)16(3)24/h6-13,15H,5,14H2,1-4H3,(H,22,25)/t15-/m1/s1. The fourth-order valence-corrected chi connectivity index (χ4v) is 2.62. The maximum absolute atomic E-state index is 12.6. The van der Waals surface area contributed by atoms with Gasteiger partial charge >= 0.3 is 0 Å². The van der Waals surface area contributed by atoms with E-state index >= 15 is 0 Å². The Morgan fingerprint density at radius 1 is 1.12 bits per heavy atom. The molecule has 2 rings (SSSR count). The van der Waals surface area contributed by atoms with E-state index in [1.807, 2.05) is 50.1 Å². The Morgan fingerprint density at radius 3 is 2.38 bits per heavy atom. The van der Waals surface area contributed by atoms with Crippen molar-refractivity contribution in [2.75, 3.05) is 19.0 Å². The fourth-order valence-electron chi connectivity index (χ4n) is 2.62. The van der Waals surface area contributed by atoms with Gasteiger partial charge in [-0.3, -0.25) is 14.5 Å². The summed E-state index contributed by atoms with van der Waals surface area (Å²) >= 11 is 0. The van der Waals surface area contributed by atoms with Gasteiger partial charge in [-0.05, 0) is 57.6 Å². The van der Waals surface area contributed by atoms with E-state index in [4.69, 9.17) is 4.74 Å². The summed E-state index contributed by atoms with van der Waals surface area (Å²) in [7, 11) is 1.90. The molecule has 138 valence electrons. The predicted octanol–water partition coefficient (Wildman–Crippen LogP) is 3.75. The molecular weight excluding hydrogens is 328 g/mol. The Morgan fingerprint density at radius 2 is 1.77 bits per heavy atom. The SMILES string of the molecule is CCOc1ccc(CN(C)[C@H](C)C(=O)Nc2ccccc2C(C)=O)cc1. The van der Waals surface area contributed by atoms with Crippen LogP contribution in [-0.4, -0.2) is 36.3 Å². The minimum atomic E-state index is -0.346. The summed E-state index contributed by atoms with van der Waals surface area (Å²) in [4.78, 5) is 26.2. The Balaban J connectivity index is 2.00. The summed E-state index contributed by atoms with van der Waals surface area (Å²) in [6, 6.07) is 14.6. The zero-order chi connectivity index (χ0) is 19.1. The molecule has 26 heavy (non-hydrogen) atoms. The highest BCUT2D eigenvalue weighted by Crippen LogP contribution is 2.17. The molecule has 1 N–H and O–H groups in total. The zero-order valence-corrected chi connectivity index (χ0v) is 15.8. The van der Waals surface area contributed by atoms with Crippen LogP contribution >= 0.6 is 0 Å². The maximum atomic E-state index is 12.6. The van der Waals surface area contributed by atoms with Crippen LogP contribution < -0.4 is 10.1 Å². The van der Waals surface area contributed by atoms with E-state index in [1.54, 1.807) is 24.3 Å². The van der Waals surface area contributed by atoms with Gasteiger partial charge in [0, 0.05) is 12.1 Å². The number of benzene rings is 2.